The molecule has 1 rings (SSSR count). The number of benzene rings is 1. The van der Waals surface area contributed by atoms with Crippen LogP contribution in [0, 0.1) is 11.8 Å². The van der Waals surface area contributed by atoms with Crippen molar-refractivity contribution in [1.82, 2.24) is 0 Å². The summed E-state index contributed by atoms with van der Waals surface area (Å²) in [7, 11) is 0. The zero-order valence-electron chi connectivity index (χ0n) is 8.17. The maximum absolute atomic E-state index is 10.8. The number of hydrogen-bond acceptors (Lipinski definition) is 2. The molecule has 0 atom stereocenters. The fourth-order valence-corrected chi connectivity index (χ4v) is 1.54. The predicted molar refractivity (Wildman–Crippen MR) is 63.0 cm³/mol. The van der Waals surface area contributed by atoms with Gasteiger partial charge >= 0.3 is 5.97 Å². The molecule has 3 nitrogen and oxygen atoms in total. The number of anilines is 1. The first-order valence-electron chi connectivity index (χ1n) is 4.31. The summed E-state index contributed by atoms with van der Waals surface area (Å²) in [6.45, 7) is 2.26. The van der Waals surface area contributed by atoms with Crippen LogP contribution in [0.2, 0.25) is 0 Å². The molecule has 0 spiro atoms. The van der Waals surface area contributed by atoms with Gasteiger partial charge in [-0.15, -0.1) is 5.92 Å². The van der Waals surface area contributed by atoms with E-state index in [1.54, 1.807) is 19.1 Å². The lowest BCUT2D eigenvalue weighted by atomic mass is 10.2. The van der Waals surface area contributed by atoms with Crippen LogP contribution in [0.4, 0.5) is 5.69 Å². The molecule has 0 aliphatic carbocycles. The van der Waals surface area contributed by atoms with Gasteiger partial charge in [-0.2, -0.15) is 0 Å². The van der Waals surface area contributed by atoms with Crippen LogP contribution in [-0.2, 0) is 0 Å². The first-order valence-corrected chi connectivity index (χ1v) is 5.10. The zero-order valence-corrected chi connectivity index (χ0v) is 9.76. The van der Waals surface area contributed by atoms with Gasteiger partial charge < -0.3 is 10.4 Å². The molecule has 0 aliphatic rings. The molecule has 1 aromatic rings. The normalized spacial score (nSPS) is 8.93. The van der Waals surface area contributed by atoms with E-state index in [0.29, 0.717) is 6.54 Å². The maximum Gasteiger partial charge on any atom is 0.335 e. The molecule has 15 heavy (non-hydrogen) atoms. The minimum atomic E-state index is -0.944. The van der Waals surface area contributed by atoms with Crippen LogP contribution < -0.4 is 5.32 Å². The molecule has 1 aromatic carbocycles. The summed E-state index contributed by atoms with van der Waals surface area (Å²) >= 11 is 3.25. The molecule has 0 fully saturated rings. The lowest BCUT2D eigenvalue weighted by Crippen LogP contribution is -2.02. The molecule has 4 heteroatoms. The van der Waals surface area contributed by atoms with Gasteiger partial charge in [0.2, 0.25) is 0 Å². The number of carboxylic acid groups (broad SMARTS) is 1. The van der Waals surface area contributed by atoms with E-state index in [1.807, 2.05) is 6.07 Å². The Morgan fingerprint density at radius 2 is 2.27 bits per heavy atom. The molecule has 0 aromatic heterocycles. The number of hydrogen-bond donors (Lipinski definition) is 2. The van der Waals surface area contributed by atoms with Crippen molar-refractivity contribution in [3.05, 3.63) is 28.2 Å². The molecule has 0 saturated carbocycles. The first kappa shape index (κ1) is 11.6. The van der Waals surface area contributed by atoms with Gasteiger partial charge in [0.1, 0.15) is 0 Å². The Kier molecular flexibility index (Phi) is 4.19. The average molecular weight is 268 g/mol. The summed E-state index contributed by atoms with van der Waals surface area (Å²) < 4.78 is 0.731. The second-order valence-corrected chi connectivity index (χ2v) is 3.73. The molecule has 0 amide bonds. The Morgan fingerprint density at radius 1 is 1.53 bits per heavy atom. The summed E-state index contributed by atoms with van der Waals surface area (Å²) in [5.41, 5.74) is 0.987. The minimum absolute atomic E-state index is 0.247. The van der Waals surface area contributed by atoms with Gasteiger partial charge in [0.05, 0.1) is 12.1 Å². The van der Waals surface area contributed by atoms with E-state index in [9.17, 15) is 4.79 Å². The fourth-order valence-electron chi connectivity index (χ4n) is 1.05. The zero-order chi connectivity index (χ0) is 11.3. The molecular formula is C11H10BrNO2. The summed E-state index contributed by atoms with van der Waals surface area (Å²) in [4.78, 5) is 10.8. The standard InChI is InChI=1S/C11H10BrNO2/c1-2-3-4-13-10-6-8(11(14)15)5-9(12)7-10/h5-7,13H,4H2,1H3,(H,14,15). The summed E-state index contributed by atoms with van der Waals surface area (Å²) in [5, 5.41) is 11.8. The SMILES string of the molecule is CC#CCNc1cc(Br)cc(C(=O)O)c1. The summed E-state index contributed by atoms with van der Waals surface area (Å²) in [5.74, 6) is 4.65. The van der Waals surface area contributed by atoms with Crippen molar-refractivity contribution in [2.45, 2.75) is 6.92 Å². The van der Waals surface area contributed by atoms with E-state index in [1.165, 1.54) is 0 Å². The molecule has 78 valence electrons. The van der Waals surface area contributed by atoms with Crippen LogP contribution in [-0.4, -0.2) is 17.6 Å². The molecule has 0 aliphatic heterocycles. The van der Waals surface area contributed by atoms with Gasteiger partial charge in [-0.3, -0.25) is 0 Å². The third kappa shape index (κ3) is 3.64. The van der Waals surface area contributed by atoms with Crippen LogP contribution in [0.15, 0.2) is 22.7 Å². The Balaban J connectivity index is 2.87. The topological polar surface area (TPSA) is 49.3 Å². The van der Waals surface area contributed by atoms with E-state index in [2.05, 4.69) is 33.1 Å². The van der Waals surface area contributed by atoms with Crippen LogP contribution >= 0.6 is 15.9 Å². The largest absolute Gasteiger partial charge is 0.478 e. The quantitative estimate of drug-likeness (QED) is 0.828. The molecule has 0 heterocycles. The van der Waals surface area contributed by atoms with Gasteiger partial charge in [-0.1, -0.05) is 21.9 Å². The fraction of sp³-hybridized carbons (Fsp3) is 0.182. The van der Waals surface area contributed by atoms with E-state index in [4.69, 9.17) is 5.11 Å². The number of nitrogens with one attached hydrogen (secondary N) is 1. The lowest BCUT2D eigenvalue weighted by Gasteiger charge is -2.04. The number of rotatable bonds is 3. The average Bonchev–Trinajstić information content (AvgIpc) is 2.17. The van der Waals surface area contributed by atoms with E-state index >= 15 is 0 Å². The maximum atomic E-state index is 10.8. The lowest BCUT2D eigenvalue weighted by molar-refractivity contribution is 0.0697. The van der Waals surface area contributed by atoms with Crippen LogP contribution in [0.25, 0.3) is 0 Å². The molecule has 0 radical (unpaired) electrons. The highest BCUT2D eigenvalue weighted by atomic mass is 79.9. The minimum Gasteiger partial charge on any atom is -0.478 e. The smallest absolute Gasteiger partial charge is 0.335 e. The van der Waals surface area contributed by atoms with Gasteiger partial charge in [-0.05, 0) is 25.1 Å². The van der Waals surface area contributed by atoms with E-state index in [-0.39, 0.29) is 5.56 Å². The molecule has 2 N–H and O–H groups in total. The number of halogens is 1. The highest BCUT2D eigenvalue weighted by molar-refractivity contribution is 9.10. The molecular weight excluding hydrogens is 258 g/mol. The molecule has 0 bridgehead atoms. The highest BCUT2D eigenvalue weighted by Gasteiger charge is 2.05. The van der Waals surface area contributed by atoms with E-state index < -0.39 is 5.97 Å². The number of aromatic carboxylic acids is 1. The highest BCUT2D eigenvalue weighted by Crippen LogP contribution is 2.19. The van der Waals surface area contributed by atoms with Crippen molar-refractivity contribution >= 4 is 27.6 Å². The predicted octanol–water partition coefficient (Wildman–Crippen LogP) is 2.58. The third-order valence-corrected chi connectivity index (χ3v) is 2.16. The molecule has 0 unspecified atom stereocenters. The van der Waals surface area contributed by atoms with Gasteiger partial charge in [-0.25, -0.2) is 4.79 Å². The van der Waals surface area contributed by atoms with Crippen molar-refractivity contribution < 1.29 is 9.90 Å². The van der Waals surface area contributed by atoms with Gasteiger partial charge in [0.25, 0.3) is 0 Å². The van der Waals surface area contributed by atoms with Crippen molar-refractivity contribution in [3.63, 3.8) is 0 Å². The number of carbonyl (C=O) groups is 1. The van der Waals surface area contributed by atoms with Crippen LogP contribution in [0.3, 0.4) is 0 Å². The van der Waals surface area contributed by atoms with Crippen molar-refractivity contribution in [3.8, 4) is 11.8 Å². The Bertz CT molecular complexity index is 432. The van der Waals surface area contributed by atoms with Crippen LogP contribution in [0.5, 0.6) is 0 Å². The van der Waals surface area contributed by atoms with Gasteiger partial charge in [0.15, 0.2) is 0 Å². The summed E-state index contributed by atoms with van der Waals surface area (Å²) in [6.07, 6.45) is 0. The Hall–Kier alpha value is -1.47. The van der Waals surface area contributed by atoms with E-state index in [0.717, 1.165) is 10.2 Å². The van der Waals surface area contributed by atoms with Gasteiger partial charge in [0, 0.05) is 10.2 Å². The monoisotopic (exact) mass is 267 g/mol. The third-order valence-electron chi connectivity index (χ3n) is 1.70. The number of carboxylic acids is 1. The Labute approximate surface area is 96.6 Å². The van der Waals surface area contributed by atoms with Crippen molar-refractivity contribution in [1.29, 1.82) is 0 Å². The second kappa shape index (κ2) is 5.42. The van der Waals surface area contributed by atoms with Crippen molar-refractivity contribution in [2.24, 2.45) is 0 Å². The first-order chi connectivity index (χ1) is 7.13. The second-order valence-electron chi connectivity index (χ2n) is 2.81. The Morgan fingerprint density at radius 3 is 2.87 bits per heavy atom. The summed E-state index contributed by atoms with van der Waals surface area (Å²) in [6, 6.07) is 4.94. The van der Waals surface area contributed by atoms with Crippen LogP contribution in [0.1, 0.15) is 17.3 Å². The van der Waals surface area contributed by atoms with Crippen molar-refractivity contribution in [2.75, 3.05) is 11.9 Å². The molecule has 0 saturated heterocycles.